The van der Waals surface area contributed by atoms with Crippen molar-refractivity contribution in [3.05, 3.63) is 48.4 Å². The first kappa shape index (κ1) is 14.1. The van der Waals surface area contributed by atoms with E-state index in [9.17, 15) is 0 Å². The zero-order valence-electron chi connectivity index (χ0n) is 12.7. The van der Waals surface area contributed by atoms with Crippen molar-refractivity contribution < 1.29 is 4.42 Å². The summed E-state index contributed by atoms with van der Waals surface area (Å²) in [7, 11) is 0. The Bertz CT molecular complexity index is 544. The van der Waals surface area contributed by atoms with Crippen LogP contribution in [0.3, 0.4) is 0 Å². The second-order valence-electron chi connectivity index (χ2n) is 5.87. The molecule has 1 aromatic carbocycles. The van der Waals surface area contributed by atoms with E-state index in [1.807, 2.05) is 12.1 Å². The number of para-hydroxylation sites is 2. The van der Waals surface area contributed by atoms with E-state index in [0.29, 0.717) is 6.04 Å². The van der Waals surface area contributed by atoms with Crippen molar-refractivity contribution in [3.8, 4) is 0 Å². The summed E-state index contributed by atoms with van der Waals surface area (Å²) in [6.45, 7) is 4.60. The van der Waals surface area contributed by atoms with Crippen LogP contribution in [0.15, 0.2) is 47.1 Å². The fourth-order valence-electron chi connectivity index (χ4n) is 2.98. The Labute approximate surface area is 127 Å². The SMILES string of the molecule is CC(CCc1ccco1)Nc1ccccc1N1CCCC1. The van der Waals surface area contributed by atoms with Crippen molar-refractivity contribution in [3.63, 3.8) is 0 Å². The van der Waals surface area contributed by atoms with Crippen LogP contribution in [0.25, 0.3) is 0 Å². The molecule has 112 valence electrons. The zero-order chi connectivity index (χ0) is 14.5. The molecule has 0 spiro atoms. The van der Waals surface area contributed by atoms with Crippen LogP contribution in [0, 0.1) is 0 Å². The van der Waals surface area contributed by atoms with E-state index in [1.54, 1.807) is 6.26 Å². The van der Waals surface area contributed by atoms with Gasteiger partial charge in [-0.25, -0.2) is 0 Å². The van der Waals surface area contributed by atoms with E-state index >= 15 is 0 Å². The van der Waals surface area contributed by atoms with Crippen LogP contribution in [-0.4, -0.2) is 19.1 Å². The third-order valence-electron chi connectivity index (χ3n) is 4.16. The molecule has 1 saturated heterocycles. The number of benzene rings is 1. The van der Waals surface area contributed by atoms with Gasteiger partial charge in [0.2, 0.25) is 0 Å². The normalized spacial score (nSPS) is 16.1. The van der Waals surface area contributed by atoms with Crippen molar-refractivity contribution in [2.45, 2.75) is 38.6 Å². The van der Waals surface area contributed by atoms with Gasteiger partial charge in [-0.2, -0.15) is 0 Å². The summed E-state index contributed by atoms with van der Waals surface area (Å²) >= 11 is 0. The van der Waals surface area contributed by atoms with Gasteiger partial charge < -0.3 is 14.6 Å². The number of hydrogen-bond donors (Lipinski definition) is 1. The number of rotatable bonds is 6. The molecule has 0 bridgehead atoms. The van der Waals surface area contributed by atoms with E-state index in [1.165, 1.54) is 37.3 Å². The number of anilines is 2. The highest BCUT2D eigenvalue weighted by Gasteiger charge is 2.16. The lowest BCUT2D eigenvalue weighted by molar-refractivity contribution is 0.495. The second kappa shape index (κ2) is 6.70. The second-order valence-corrected chi connectivity index (χ2v) is 5.87. The molecule has 1 aromatic heterocycles. The molecule has 3 nitrogen and oxygen atoms in total. The fourth-order valence-corrected chi connectivity index (χ4v) is 2.98. The van der Waals surface area contributed by atoms with Gasteiger partial charge in [0.25, 0.3) is 0 Å². The van der Waals surface area contributed by atoms with Crippen LogP contribution in [0.4, 0.5) is 11.4 Å². The van der Waals surface area contributed by atoms with Gasteiger partial charge >= 0.3 is 0 Å². The van der Waals surface area contributed by atoms with Crippen molar-refractivity contribution in [1.82, 2.24) is 0 Å². The zero-order valence-corrected chi connectivity index (χ0v) is 12.7. The number of aryl methyl sites for hydroxylation is 1. The van der Waals surface area contributed by atoms with Gasteiger partial charge in [0, 0.05) is 25.6 Å². The Morgan fingerprint density at radius 2 is 1.95 bits per heavy atom. The highest BCUT2D eigenvalue weighted by Crippen LogP contribution is 2.29. The Morgan fingerprint density at radius 1 is 1.14 bits per heavy atom. The van der Waals surface area contributed by atoms with E-state index in [0.717, 1.165) is 18.6 Å². The molecule has 1 aliphatic heterocycles. The summed E-state index contributed by atoms with van der Waals surface area (Å²) in [5.41, 5.74) is 2.60. The maximum atomic E-state index is 5.40. The molecule has 1 fully saturated rings. The quantitative estimate of drug-likeness (QED) is 0.856. The van der Waals surface area contributed by atoms with Crippen LogP contribution >= 0.6 is 0 Å². The van der Waals surface area contributed by atoms with Crippen LogP contribution in [0.5, 0.6) is 0 Å². The lowest BCUT2D eigenvalue weighted by atomic mass is 10.1. The first-order valence-corrected chi connectivity index (χ1v) is 7.96. The van der Waals surface area contributed by atoms with Crippen molar-refractivity contribution in [1.29, 1.82) is 0 Å². The first-order valence-electron chi connectivity index (χ1n) is 7.96. The molecule has 0 radical (unpaired) electrons. The van der Waals surface area contributed by atoms with Crippen LogP contribution < -0.4 is 10.2 Å². The minimum atomic E-state index is 0.429. The number of nitrogens with one attached hydrogen (secondary N) is 1. The van der Waals surface area contributed by atoms with Crippen molar-refractivity contribution in [2.75, 3.05) is 23.3 Å². The molecule has 0 saturated carbocycles. The highest BCUT2D eigenvalue weighted by atomic mass is 16.3. The van der Waals surface area contributed by atoms with Crippen LogP contribution in [0.1, 0.15) is 31.9 Å². The van der Waals surface area contributed by atoms with Gasteiger partial charge in [-0.1, -0.05) is 12.1 Å². The van der Waals surface area contributed by atoms with Crippen LogP contribution in [-0.2, 0) is 6.42 Å². The van der Waals surface area contributed by atoms with Gasteiger partial charge in [0.05, 0.1) is 17.6 Å². The first-order chi connectivity index (χ1) is 10.3. The highest BCUT2D eigenvalue weighted by molar-refractivity contribution is 5.70. The summed E-state index contributed by atoms with van der Waals surface area (Å²) in [5, 5.41) is 3.67. The molecule has 1 atom stereocenters. The Morgan fingerprint density at radius 3 is 2.71 bits per heavy atom. The third kappa shape index (κ3) is 3.60. The lowest BCUT2D eigenvalue weighted by Gasteiger charge is -2.24. The summed E-state index contributed by atoms with van der Waals surface area (Å²) in [6.07, 6.45) is 6.41. The molecular formula is C18H24N2O. The molecule has 3 rings (SSSR count). The van der Waals surface area contributed by atoms with Gasteiger partial charge in [0.15, 0.2) is 0 Å². The smallest absolute Gasteiger partial charge is 0.103 e. The Hall–Kier alpha value is -1.90. The van der Waals surface area contributed by atoms with E-state index in [4.69, 9.17) is 4.42 Å². The van der Waals surface area contributed by atoms with Crippen LogP contribution in [0.2, 0.25) is 0 Å². The molecule has 0 amide bonds. The molecule has 0 aliphatic carbocycles. The van der Waals surface area contributed by atoms with Gasteiger partial charge in [-0.3, -0.25) is 0 Å². The lowest BCUT2D eigenvalue weighted by Crippen LogP contribution is -2.22. The van der Waals surface area contributed by atoms with Gasteiger partial charge in [-0.15, -0.1) is 0 Å². The molecule has 2 heterocycles. The molecular weight excluding hydrogens is 260 g/mol. The Balaban J connectivity index is 1.61. The molecule has 3 heteroatoms. The minimum Gasteiger partial charge on any atom is -0.469 e. The van der Waals surface area contributed by atoms with E-state index in [2.05, 4.69) is 41.4 Å². The largest absolute Gasteiger partial charge is 0.469 e. The van der Waals surface area contributed by atoms with Crippen molar-refractivity contribution >= 4 is 11.4 Å². The minimum absolute atomic E-state index is 0.429. The topological polar surface area (TPSA) is 28.4 Å². The number of nitrogens with zero attached hydrogens (tertiary/aromatic N) is 1. The number of furan rings is 1. The predicted octanol–water partition coefficient (Wildman–Crippen LogP) is 4.31. The number of hydrogen-bond acceptors (Lipinski definition) is 3. The summed E-state index contributed by atoms with van der Waals surface area (Å²) in [6, 6.07) is 13.1. The maximum absolute atomic E-state index is 5.40. The predicted molar refractivity (Wildman–Crippen MR) is 88.0 cm³/mol. The molecule has 2 aromatic rings. The van der Waals surface area contributed by atoms with Gasteiger partial charge in [0.1, 0.15) is 5.76 Å². The van der Waals surface area contributed by atoms with E-state index < -0.39 is 0 Å². The molecule has 1 unspecified atom stereocenters. The average Bonchev–Trinajstić information content (AvgIpc) is 3.19. The molecule has 1 aliphatic rings. The standard InChI is InChI=1S/C18H24N2O/c1-15(10-11-16-7-6-14-21-16)19-17-8-2-3-9-18(17)20-12-4-5-13-20/h2-3,6-9,14-15,19H,4-5,10-13H2,1H3. The Kier molecular flexibility index (Phi) is 4.49. The average molecular weight is 284 g/mol. The van der Waals surface area contributed by atoms with Gasteiger partial charge in [-0.05, 0) is 50.5 Å². The molecule has 1 N–H and O–H groups in total. The maximum Gasteiger partial charge on any atom is 0.103 e. The summed E-state index contributed by atoms with van der Waals surface area (Å²) in [5.74, 6) is 1.07. The van der Waals surface area contributed by atoms with Crippen molar-refractivity contribution in [2.24, 2.45) is 0 Å². The van der Waals surface area contributed by atoms with E-state index in [-0.39, 0.29) is 0 Å². The summed E-state index contributed by atoms with van der Waals surface area (Å²) < 4.78 is 5.40. The third-order valence-corrected chi connectivity index (χ3v) is 4.16. The molecule has 21 heavy (non-hydrogen) atoms. The summed E-state index contributed by atoms with van der Waals surface area (Å²) in [4.78, 5) is 2.49. The fraction of sp³-hybridized carbons (Fsp3) is 0.444. The monoisotopic (exact) mass is 284 g/mol.